The third-order valence-corrected chi connectivity index (χ3v) is 3.17. The van der Waals surface area contributed by atoms with Crippen LogP contribution < -0.4 is 0 Å². The molecule has 0 atom stereocenters. The van der Waals surface area contributed by atoms with Crippen LogP contribution in [0.1, 0.15) is 10.5 Å². The van der Waals surface area contributed by atoms with E-state index in [1.807, 2.05) is 0 Å². The maximum atomic E-state index is 11.2. The normalized spacial score (nSPS) is 17.9. The molecule has 0 N–H and O–H groups in total. The number of methoxy groups -OCH3 is 1. The van der Waals surface area contributed by atoms with E-state index in [0.717, 1.165) is 39.3 Å². The van der Waals surface area contributed by atoms with E-state index in [1.54, 1.807) is 10.9 Å². The standard InChI is InChI=1S/C11H19N5O2/c1-14-3-5-15(6-4-14)7-8-16-9-10(12-13-16)11(17)18-2/h9H,3-8H2,1-2H3. The second-order valence-electron chi connectivity index (χ2n) is 4.50. The number of aromatic nitrogens is 3. The lowest BCUT2D eigenvalue weighted by molar-refractivity contribution is 0.0594. The van der Waals surface area contributed by atoms with E-state index in [0.29, 0.717) is 0 Å². The van der Waals surface area contributed by atoms with Gasteiger partial charge in [-0.1, -0.05) is 5.21 Å². The highest BCUT2D eigenvalue weighted by Crippen LogP contribution is 2.00. The number of esters is 1. The molecule has 0 saturated carbocycles. The molecule has 2 heterocycles. The van der Waals surface area contributed by atoms with Crippen LogP contribution in [0.3, 0.4) is 0 Å². The highest BCUT2D eigenvalue weighted by molar-refractivity contribution is 5.86. The van der Waals surface area contributed by atoms with E-state index < -0.39 is 5.97 Å². The van der Waals surface area contributed by atoms with Gasteiger partial charge in [-0.15, -0.1) is 5.10 Å². The van der Waals surface area contributed by atoms with E-state index in [4.69, 9.17) is 0 Å². The lowest BCUT2D eigenvalue weighted by atomic mass is 10.3. The Bertz CT molecular complexity index is 398. The number of carbonyl (C=O) groups is 1. The summed E-state index contributed by atoms with van der Waals surface area (Å²) >= 11 is 0. The summed E-state index contributed by atoms with van der Waals surface area (Å²) in [7, 11) is 3.48. The molecule has 0 radical (unpaired) electrons. The number of hydrogen-bond donors (Lipinski definition) is 0. The van der Waals surface area contributed by atoms with Crippen molar-refractivity contribution in [1.82, 2.24) is 24.8 Å². The molecule has 100 valence electrons. The first-order chi connectivity index (χ1) is 8.69. The molecule has 7 nitrogen and oxygen atoms in total. The third kappa shape index (κ3) is 3.27. The maximum absolute atomic E-state index is 11.2. The van der Waals surface area contributed by atoms with Crippen molar-refractivity contribution in [2.75, 3.05) is 46.9 Å². The predicted molar refractivity (Wildman–Crippen MR) is 65.3 cm³/mol. The van der Waals surface area contributed by atoms with Crippen molar-refractivity contribution in [1.29, 1.82) is 0 Å². The molecular weight excluding hydrogens is 234 g/mol. The highest BCUT2D eigenvalue weighted by Gasteiger charge is 2.14. The molecule has 1 aromatic heterocycles. The zero-order valence-electron chi connectivity index (χ0n) is 10.9. The van der Waals surface area contributed by atoms with Crippen molar-refractivity contribution in [3.8, 4) is 0 Å². The summed E-state index contributed by atoms with van der Waals surface area (Å²) in [5, 5.41) is 7.69. The van der Waals surface area contributed by atoms with Gasteiger partial charge in [0.15, 0.2) is 5.69 Å². The Morgan fingerprint density at radius 3 is 2.72 bits per heavy atom. The second kappa shape index (κ2) is 5.92. The van der Waals surface area contributed by atoms with Gasteiger partial charge in [-0.25, -0.2) is 4.79 Å². The first-order valence-electron chi connectivity index (χ1n) is 6.08. The van der Waals surface area contributed by atoms with Gasteiger partial charge in [0.25, 0.3) is 0 Å². The number of carbonyl (C=O) groups excluding carboxylic acids is 1. The van der Waals surface area contributed by atoms with Gasteiger partial charge < -0.3 is 9.64 Å². The van der Waals surface area contributed by atoms with Gasteiger partial charge in [0.1, 0.15) is 0 Å². The van der Waals surface area contributed by atoms with Crippen LogP contribution >= 0.6 is 0 Å². The van der Waals surface area contributed by atoms with E-state index >= 15 is 0 Å². The van der Waals surface area contributed by atoms with Crippen molar-refractivity contribution in [3.63, 3.8) is 0 Å². The summed E-state index contributed by atoms with van der Waals surface area (Å²) in [6, 6.07) is 0. The summed E-state index contributed by atoms with van der Waals surface area (Å²) in [4.78, 5) is 15.9. The van der Waals surface area contributed by atoms with Gasteiger partial charge in [0.05, 0.1) is 19.9 Å². The molecule has 18 heavy (non-hydrogen) atoms. The molecule has 2 rings (SSSR count). The summed E-state index contributed by atoms with van der Waals surface area (Å²) < 4.78 is 6.27. The Morgan fingerprint density at radius 1 is 1.33 bits per heavy atom. The van der Waals surface area contributed by atoms with Crippen LogP contribution in [0.15, 0.2) is 6.20 Å². The fraction of sp³-hybridized carbons (Fsp3) is 0.727. The number of piperazine rings is 1. The van der Waals surface area contributed by atoms with Crippen molar-refractivity contribution in [2.24, 2.45) is 0 Å². The third-order valence-electron chi connectivity index (χ3n) is 3.17. The molecule has 1 aliphatic heterocycles. The Balaban J connectivity index is 1.79. The molecule has 0 aromatic carbocycles. The fourth-order valence-corrected chi connectivity index (χ4v) is 1.92. The van der Waals surface area contributed by atoms with Crippen molar-refractivity contribution < 1.29 is 9.53 Å². The van der Waals surface area contributed by atoms with Crippen LogP contribution in [-0.2, 0) is 11.3 Å². The molecule has 0 spiro atoms. The van der Waals surface area contributed by atoms with Gasteiger partial charge in [-0.05, 0) is 7.05 Å². The van der Waals surface area contributed by atoms with E-state index in [-0.39, 0.29) is 5.69 Å². The minimum absolute atomic E-state index is 0.260. The highest BCUT2D eigenvalue weighted by atomic mass is 16.5. The SMILES string of the molecule is COC(=O)c1cn(CCN2CCN(C)CC2)nn1. The minimum atomic E-state index is -0.444. The first kappa shape index (κ1) is 13.0. The predicted octanol–water partition coefficient (Wildman–Crippen LogP) is -0.688. The average molecular weight is 253 g/mol. The van der Waals surface area contributed by atoms with Crippen LogP contribution in [0.2, 0.25) is 0 Å². The average Bonchev–Trinajstić information content (AvgIpc) is 2.86. The molecule has 1 fully saturated rings. The molecule has 0 aliphatic carbocycles. The summed E-state index contributed by atoms with van der Waals surface area (Å²) in [5.41, 5.74) is 0.260. The smallest absolute Gasteiger partial charge is 0.360 e. The quantitative estimate of drug-likeness (QED) is 0.662. The number of rotatable bonds is 4. The van der Waals surface area contributed by atoms with Crippen LogP contribution in [0, 0.1) is 0 Å². The molecule has 7 heteroatoms. The van der Waals surface area contributed by atoms with E-state index in [2.05, 4.69) is 31.9 Å². The molecule has 1 saturated heterocycles. The van der Waals surface area contributed by atoms with Crippen molar-refractivity contribution in [2.45, 2.75) is 6.54 Å². The Morgan fingerprint density at radius 2 is 2.06 bits per heavy atom. The molecule has 0 bridgehead atoms. The first-order valence-corrected chi connectivity index (χ1v) is 6.08. The van der Waals surface area contributed by atoms with Crippen LogP contribution in [-0.4, -0.2) is 77.6 Å². The Hall–Kier alpha value is -1.47. The maximum Gasteiger partial charge on any atom is 0.360 e. The van der Waals surface area contributed by atoms with Crippen molar-refractivity contribution in [3.05, 3.63) is 11.9 Å². The molecular formula is C11H19N5O2. The molecule has 0 unspecified atom stereocenters. The van der Waals surface area contributed by atoms with Gasteiger partial charge in [-0.3, -0.25) is 9.58 Å². The summed E-state index contributed by atoms with van der Waals surface area (Å²) in [5.74, 6) is -0.444. The van der Waals surface area contributed by atoms with Gasteiger partial charge in [-0.2, -0.15) is 0 Å². The minimum Gasteiger partial charge on any atom is -0.464 e. The molecule has 1 aromatic rings. The topological polar surface area (TPSA) is 63.5 Å². The summed E-state index contributed by atoms with van der Waals surface area (Å²) in [6.45, 7) is 6.03. The Labute approximate surface area is 106 Å². The summed E-state index contributed by atoms with van der Waals surface area (Å²) in [6.07, 6.45) is 1.63. The monoisotopic (exact) mass is 253 g/mol. The zero-order chi connectivity index (χ0) is 13.0. The zero-order valence-corrected chi connectivity index (χ0v) is 10.9. The van der Waals surface area contributed by atoms with E-state index in [1.165, 1.54) is 7.11 Å². The fourth-order valence-electron chi connectivity index (χ4n) is 1.92. The largest absolute Gasteiger partial charge is 0.464 e. The van der Waals surface area contributed by atoms with Crippen molar-refractivity contribution >= 4 is 5.97 Å². The van der Waals surface area contributed by atoms with Crippen LogP contribution in [0.4, 0.5) is 0 Å². The lowest BCUT2D eigenvalue weighted by Gasteiger charge is -2.32. The number of hydrogen-bond acceptors (Lipinski definition) is 6. The number of likely N-dealkylation sites (N-methyl/N-ethyl adjacent to an activating group) is 1. The van der Waals surface area contributed by atoms with Crippen LogP contribution in [0.5, 0.6) is 0 Å². The van der Waals surface area contributed by atoms with E-state index in [9.17, 15) is 4.79 Å². The Kier molecular flexibility index (Phi) is 4.27. The van der Waals surface area contributed by atoms with Gasteiger partial charge in [0, 0.05) is 32.7 Å². The van der Waals surface area contributed by atoms with Gasteiger partial charge >= 0.3 is 5.97 Å². The molecule has 0 amide bonds. The van der Waals surface area contributed by atoms with Gasteiger partial charge in [0.2, 0.25) is 0 Å². The number of ether oxygens (including phenoxy) is 1. The molecule has 1 aliphatic rings. The second-order valence-corrected chi connectivity index (χ2v) is 4.50. The lowest BCUT2D eigenvalue weighted by Crippen LogP contribution is -2.45. The number of nitrogens with zero attached hydrogens (tertiary/aromatic N) is 5. The van der Waals surface area contributed by atoms with Crippen LogP contribution in [0.25, 0.3) is 0 Å².